The fourth-order valence-corrected chi connectivity index (χ4v) is 4.34. The molecule has 4 rings (SSSR count). The number of rotatable bonds is 5. The fraction of sp³-hybridized carbons (Fsp3) is 0.348. The van der Waals surface area contributed by atoms with Gasteiger partial charge in [-0.1, -0.05) is 25.3 Å². The summed E-state index contributed by atoms with van der Waals surface area (Å²) in [5.41, 5.74) is 1.45. The van der Waals surface area contributed by atoms with Crippen molar-refractivity contribution in [1.29, 1.82) is 0 Å². The Kier molecular flexibility index (Phi) is 5.99. The Morgan fingerprint density at radius 3 is 2.77 bits per heavy atom. The number of hydrogen-bond donors (Lipinski definition) is 1. The molecule has 2 fully saturated rings. The van der Waals surface area contributed by atoms with Crippen LogP contribution >= 0.6 is 12.2 Å². The number of carbonyl (C=O) groups excluding carboxylic acids is 2. The minimum Gasteiger partial charge on any atom is -0.494 e. The van der Waals surface area contributed by atoms with E-state index in [1.54, 1.807) is 24.3 Å². The average molecular weight is 424 g/mol. The summed E-state index contributed by atoms with van der Waals surface area (Å²) in [6, 6.07) is 9.54. The summed E-state index contributed by atoms with van der Waals surface area (Å²) in [6.45, 7) is 2.41. The molecule has 1 aliphatic heterocycles. The first-order valence-corrected chi connectivity index (χ1v) is 10.8. The molecule has 2 aliphatic rings. The maximum absolute atomic E-state index is 13.2. The summed E-state index contributed by atoms with van der Waals surface area (Å²) >= 11 is 5.28. The van der Waals surface area contributed by atoms with E-state index in [2.05, 4.69) is 9.88 Å². The van der Waals surface area contributed by atoms with Crippen LogP contribution in [-0.4, -0.2) is 28.1 Å². The average Bonchev–Trinajstić information content (AvgIpc) is 3.21. The summed E-state index contributed by atoms with van der Waals surface area (Å²) in [6.07, 6.45) is 11.8. The van der Waals surface area contributed by atoms with Gasteiger partial charge in [-0.3, -0.25) is 19.8 Å². The second-order valence-corrected chi connectivity index (χ2v) is 7.96. The molecule has 1 saturated carbocycles. The van der Waals surface area contributed by atoms with Crippen LogP contribution in [0.3, 0.4) is 0 Å². The van der Waals surface area contributed by atoms with Crippen LogP contribution in [0.15, 0.2) is 48.3 Å². The second-order valence-electron chi connectivity index (χ2n) is 7.57. The maximum Gasteiger partial charge on any atom is 0.270 e. The molecule has 0 radical (unpaired) electrons. The number of thiocarbonyl (C=S) groups is 1. The molecule has 0 unspecified atom stereocenters. The van der Waals surface area contributed by atoms with Crippen molar-refractivity contribution in [1.82, 2.24) is 9.88 Å². The van der Waals surface area contributed by atoms with Crippen molar-refractivity contribution in [2.24, 2.45) is 0 Å². The molecule has 1 N–H and O–H groups in total. The predicted molar refractivity (Wildman–Crippen MR) is 120 cm³/mol. The third-order valence-corrected chi connectivity index (χ3v) is 5.82. The van der Waals surface area contributed by atoms with Gasteiger partial charge in [-0.25, -0.2) is 0 Å². The molecule has 0 atom stereocenters. The predicted octanol–water partition coefficient (Wildman–Crippen LogP) is 4.22. The standard InChI is InChI=1S/C23H25N3O3S/c1-2-29-19-10-6-9-18(14-19)26-22(28)20(21(27)24-23(26)30)13-16-11-12-25(15-16)17-7-4-3-5-8-17/h6,9-15,17H,2-5,7-8H2,1H3,(H,24,27,30)/b20-13-. The van der Waals surface area contributed by atoms with Gasteiger partial charge in [0.05, 0.1) is 12.3 Å². The third-order valence-electron chi connectivity index (χ3n) is 5.53. The van der Waals surface area contributed by atoms with Crippen LogP contribution in [0.2, 0.25) is 0 Å². The highest BCUT2D eigenvalue weighted by atomic mass is 32.1. The molecule has 2 amide bonds. The topological polar surface area (TPSA) is 63.6 Å². The molecule has 2 heterocycles. The van der Waals surface area contributed by atoms with E-state index < -0.39 is 11.8 Å². The fourth-order valence-electron chi connectivity index (χ4n) is 4.06. The summed E-state index contributed by atoms with van der Waals surface area (Å²) in [5.74, 6) is -0.284. The van der Waals surface area contributed by atoms with E-state index in [1.807, 2.05) is 31.5 Å². The first kappa shape index (κ1) is 20.3. The van der Waals surface area contributed by atoms with Crippen LogP contribution in [0, 0.1) is 0 Å². The van der Waals surface area contributed by atoms with Crippen LogP contribution < -0.4 is 15.0 Å². The smallest absolute Gasteiger partial charge is 0.270 e. The monoisotopic (exact) mass is 423 g/mol. The highest BCUT2D eigenvalue weighted by molar-refractivity contribution is 7.80. The van der Waals surface area contributed by atoms with Gasteiger partial charge in [0.2, 0.25) is 0 Å². The van der Waals surface area contributed by atoms with Crippen LogP contribution in [-0.2, 0) is 9.59 Å². The van der Waals surface area contributed by atoms with Crippen molar-refractivity contribution in [2.75, 3.05) is 11.5 Å². The lowest BCUT2D eigenvalue weighted by Crippen LogP contribution is -2.54. The van der Waals surface area contributed by atoms with Gasteiger partial charge in [-0.05, 0) is 61.8 Å². The van der Waals surface area contributed by atoms with Gasteiger partial charge < -0.3 is 9.30 Å². The van der Waals surface area contributed by atoms with Crippen molar-refractivity contribution in [3.8, 4) is 5.75 Å². The summed E-state index contributed by atoms with van der Waals surface area (Å²) in [5, 5.41) is 2.70. The largest absolute Gasteiger partial charge is 0.494 e. The maximum atomic E-state index is 13.2. The van der Waals surface area contributed by atoms with Crippen LogP contribution in [0.5, 0.6) is 5.75 Å². The van der Waals surface area contributed by atoms with Gasteiger partial charge in [0.25, 0.3) is 11.8 Å². The Labute approximate surface area is 181 Å². The Hall–Kier alpha value is -2.93. The molecule has 1 aliphatic carbocycles. The number of amides is 2. The number of anilines is 1. The Balaban J connectivity index is 1.61. The quantitative estimate of drug-likeness (QED) is 0.444. The van der Waals surface area contributed by atoms with Gasteiger partial charge >= 0.3 is 0 Å². The third kappa shape index (κ3) is 4.16. The van der Waals surface area contributed by atoms with E-state index in [9.17, 15) is 9.59 Å². The van der Waals surface area contributed by atoms with E-state index in [0.717, 1.165) is 5.56 Å². The van der Waals surface area contributed by atoms with E-state index in [-0.39, 0.29) is 10.7 Å². The van der Waals surface area contributed by atoms with E-state index in [0.29, 0.717) is 24.1 Å². The lowest BCUT2D eigenvalue weighted by Gasteiger charge is -2.29. The van der Waals surface area contributed by atoms with Crippen LogP contribution in [0.4, 0.5) is 5.69 Å². The van der Waals surface area contributed by atoms with Crippen molar-refractivity contribution < 1.29 is 14.3 Å². The number of nitrogens with zero attached hydrogens (tertiary/aromatic N) is 2. The molecular formula is C23H25N3O3S. The molecule has 1 aromatic heterocycles. The van der Waals surface area contributed by atoms with Gasteiger partial charge in [0, 0.05) is 24.5 Å². The number of carbonyl (C=O) groups is 2. The minimum absolute atomic E-state index is 0.0619. The lowest BCUT2D eigenvalue weighted by atomic mass is 9.95. The molecule has 0 spiro atoms. The van der Waals surface area contributed by atoms with E-state index in [4.69, 9.17) is 17.0 Å². The zero-order chi connectivity index (χ0) is 21.1. The molecule has 1 aromatic carbocycles. The van der Waals surface area contributed by atoms with Crippen molar-refractivity contribution in [3.05, 3.63) is 53.9 Å². The molecule has 6 nitrogen and oxygen atoms in total. The summed E-state index contributed by atoms with van der Waals surface area (Å²) < 4.78 is 7.72. The van der Waals surface area contributed by atoms with Crippen molar-refractivity contribution >= 4 is 40.9 Å². The first-order chi connectivity index (χ1) is 14.6. The molecule has 156 valence electrons. The zero-order valence-electron chi connectivity index (χ0n) is 17.0. The summed E-state index contributed by atoms with van der Waals surface area (Å²) in [7, 11) is 0. The van der Waals surface area contributed by atoms with E-state index in [1.165, 1.54) is 37.0 Å². The summed E-state index contributed by atoms with van der Waals surface area (Å²) in [4.78, 5) is 27.1. The number of benzene rings is 1. The zero-order valence-corrected chi connectivity index (χ0v) is 17.8. The molecule has 1 saturated heterocycles. The normalized spacial score (nSPS) is 19.3. The molecular weight excluding hydrogens is 398 g/mol. The Bertz CT molecular complexity index is 1000. The molecule has 0 bridgehead atoms. The lowest BCUT2D eigenvalue weighted by molar-refractivity contribution is -0.122. The number of aromatic nitrogens is 1. The van der Waals surface area contributed by atoms with Gasteiger partial charge in [0.15, 0.2) is 5.11 Å². The van der Waals surface area contributed by atoms with Crippen molar-refractivity contribution in [3.63, 3.8) is 0 Å². The number of nitrogens with one attached hydrogen (secondary N) is 1. The van der Waals surface area contributed by atoms with Crippen LogP contribution in [0.1, 0.15) is 50.6 Å². The number of ether oxygens (including phenoxy) is 1. The Morgan fingerprint density at radius 2 is 2.00 bits per heavy atom. The van der Waals surface area contributed by atoms with Crippen molar-refractivity contribution in [2.45, 2.75) is 45.1 Å². The van der Waals surface area contributed by atoms with Crippen LogP contribution in [0.25, 0.3) is 6.08 Å². The SMILES string of the molecule is CCOc1cccc(N2C(=O)/C(=C\c3ccn(C4CCCCC4)c3)C(=O)NC2=S)c1. The molecule has 7 heteroatoms. The highest BCUT2D eigenvalue weighted by Gasteiger charge is 2.34. The minimum atomic E-state index is -0.479. The molecule has 2 aromatic rings. The van der Waals surface area contributed by atoms with E-state index >= 15 is 0 Å². The van der Waals surface area contributed by atoms with Gasteiger partial charge in [0.1, 0.15) is 11.3 Å². The number of hydrogen-bond acceptors (Lipinski definition) is 4. The second kappa shape index (κ2) is 8.83. The Morgan fingerprint density at radius 1 is 1.20 bits per heavy atom. The molecule has 30 heavy (non-hydrogen) atoms. The first-order valence-electron chi connectivity index (χ1n) is 10.4. The van der Waals surface area contributed by atoms with Gasteiger partial charge in [-0.15, -0.1) is 0 Å². The van der Waals surface area contributed by atoms with Gasteiger partial charge in [-0.2, -0.15) is 0 Å². The highest BCUT2D eigenvalue weighted by Crippen LogP contribution is 2.29.